The van der Waals surface area contributed by atoms with Crippen molar-refractivity contribution in [1.29, 1.82) is 0 Å². The zero-order valence-electron chi connectivity index (χ0n) is 10.6. The molecule has 0 aliphatic heterocycles. The van der Waals surface area contributed by atoms with Crippen LogP contribution in [-0.4, -0.2) is 26.0 Å². The van der Waals surface area contributed by atoms with Crippen LogP contribution >= 0.6 is 15.9 Å². The second kappa shape index (κ2) is 5.31. The highest BCUT2D eigenvalue weighted by Crippen LogP contribution is 2.48. The van der Waals surface area contributed by atoms with E-state index < -0.39 is 21.4 Å². The predicted molar refractivity (Wildman–Crippen MR) is 78.2 cm³/mol. The average molecular weight is 360 g/mol. The molecule has 1 aromatic rings. The van der Waals surface area contributed by atoms with Gasteiger partial charge in [0.05, 0.1) is 10.3 Å². The SMILES string of the molecule is C=C(Br)CNS(=O)(=O)c1ccc(C2(C(=O)O)CC2)cc1. The molecule has 20 heavy (non-hydrogen) atoms. The predicted octanol–water partition coefficient (Wildman–Crippen LogP) is 1.99. The number of carbonyl (C=O) groups is 1. The van der Waals surface area contributed by atoms with Crippen LogP contribution in [0.4, 0.5) is 0 Å². The van der Waals surface area contributed by atoms with Crippen LogP contribution in [0.3, 0.4) is 0 Å². The standard InChI is InChI=1S/C13H14BrNO4S/c1-9(14)8-15-20(18,19)11-4-2-10(3-5-11)13(6-7-13)12(16)17/h2-5,15H,1,6-8H2,(H,16,17). The van der Waals surface area contributed by atoms with Crippen LogP contribution < -0.4 is 4.72 Å². The fourth-order valence-corrected chi connectivity index (χ4v) is 3.31. The molecular weight excluding hydrogens is 346 g/mol. The summed E-state index contributed by atoms with van der Waals surface area (Å²) in [5.41, 5.74) is -0.172. The zero-order valence-corrected chi connectivity index (χ0v) is 13.0. The highest BCUT2D eigenvalue weighted by molar-refractivity contribution is 9.11. The molecule has 0 heterocycles. The van der Waals surface area contributed by atoms with Gasteiger partial charge < -0.3 is 5.11 Å². The molecule has 1 aromatic carbocycles. The molecule has 2 rings (SSSR count). The lowest BCUT2D eigenvalue weighted by molar-refractivity contribution is -0.140. The summed E-state index contributed by atoms with van der Waals surface area (Å²) in [7, 11) is -3.61. The van der Waals surface area contributed by atoms with Gasteiger partial charge in [0, 0.05) is 11.0 Å². The minimum atomic E-state index is -3.61. The highest BCUT2D eigenvalue weighted by atomic mass is 79.9. The molecule has 1 aliphatic carbocycles. The van der Waals surface area contributed by atoms with E-state index >= 15 is 0 Å². The minimum Gasteiger partial charge on any atom is -0.481 e. The van der Waals surface area contributed by atoms with Gasteiger partial charge in [0.15, 0.2) is 0 Å². The molecule has 0 aromatic heterocycles. The van der Waals surface area contributed by atoms with Gasteiger partial charge in [-0.15, -0.1) is 0 Å². The molecule has 0 spiro atoms. The van der Waals surface area contributed by atoms with Gasteiger partial charge in [0.2, 0.25) is 10.0 Å². The van der Waals surface area contributed by atoms with Crippen LogP contribution in [-0.2, 0) is 20.2 Å². The second-order valence-electron chi connectivity index (χ2n) is 4.75. The number of sulfonamides is 1. The number of aliphatic carboxylic acids is 1. The molecule has 0 radical (unpaired) electrons. The summed E-state index contributed by atoms with van der Waals surface area (Å²) in [4.78, 5) is 11.3. The monoisotopic (exact) mass is 359 g/mol. The first-order chi connectivity index (χ1) is 9.28. The molecule has 5 nitrogen and oxygen atoms in total. The van der Waals surface area contributed by atoms with E-state index in [1.807, 2.05) is 0 Å². The van der Waals surface area contributed by atoms with Crippen LogP contribution in [0.5, 0.6) is 0 Å². The summed E-state index contributed by atoms with van der Waals surface area (Å²) in [6, 6.07) is 5.99. The Labute approximate surface area is 125 Å². The van der Waals surface area contributed by atoms with Gasteiger partial charge in [-0.2, -0.15) is 0 Å². The smallest absolute Gasteiger partial charge is 0.314 e. The second-order valence-corrected chi connectivity index (χ2v) is 7.64. The largest absolute Gasteiger partial charge is 0.481 e. The van der Waals surface area contributed by atoms with Gasteiger partial charge in [-0.3, -0.25) is 4.79 Å². The molecular formula is C13H14BrNO4S. The summed E-state index contributed by atoms with van der Waals surface area (Å²) in [6.07, 6.45) is 1.19. The topological polar surface area (TPSA) is 83.5 Å². The quantitative estimate of drug-likeness (QED) is 0.813. The van der Waals surface area contributed by atoms with Crippen LogP contribution in [0.25, 0.3) is 0 Å². The van der Waals surface area contributed by atoms with Crippen LogP contribution in [0.15, 0.2) is 40.2 Å². The average Bonchev–Trinajstić information content (AvgIpc) is 3.18. The summed E-state index contributed by atoms with van der Waals surface area (Å²) < 4.78 is 26.8. The molecule has 1 saturated carbocycles. The third kappa shape index (κ3) is 2.94. The maximum absolute atomic E-state index is 12.0. The number of carboxylic acids is 1. The Morgan fingerprint density at radius 2 is 1.90 bits per heavy atom. The Kier molecular flexibility index (Phi) is 4.04. The minimum absolute atomic E-state index is 0.100. The first kappa shape index (κ1) is 15.2. The van der Waals surface area contributed by atoms with E-state index in [1.165, 1.54) is 12.1 Å². The lowest BCUT2D eigenvalue weighted by Crippen LogP contribution is -2.25. The van der Waals surface area contributed by atoms with Crippen molar-refractivity contribution in [2.24, 2.45) is 0 Å². The van der Waals surface area contributed by atoms with Crippen LogP contribution in [0.1, 0.15) is 18.4 Å². The molecule has 0 amide bonds. The van der Waals surface area contributed by atoms with Crippen molar-refractivity contribution in [3.63, 3.8) is 0 Å². The van der Waals surface area contributed by atoms with Crippen molar-refractivity contribution in [2.45, 2.75) is 23.2 Å². The lowest BCUT2D eigenvalue weighted by atomic mass is 9.96. The van der Waals surface area contributed by atoms with Gasteiger partial charge in [-0.1, -0.05) is 34.6 Å². The molecule has 2 N–H and O–H groups in total. The molecule has 7 heteroatoms. The molecule has 0 bridgehead atoms. The Balaban J connectivity index is 2.21. The fraction of sp³-hybridized carbons (Fsp3) is 0.308. The van der Waals surface area contributed by atoms with Crippen molar-refractivity contribution in [2.75, 3.05) is 6.54 Å². The molecule has 0 atom stereocenters. The zero-order chi connectivity index (χ0) is 15.0. The fourth-order valence-electron chi connectivity index (χ4n) is 1.96. The Hall–Kier alpha value is -1.18. The van der Waals surface area contributed by atoms with Crippen molar-refractivity contribution in [3.8, 4) is 0 Å². The normalized spacial score (nSPS) is 16.6. The first-order valence-corrected chi connectivity index (χ1v) is 8.22. The van der Waals surface area contributed by atoms with Crippen molar-refractivity contribution < 1.29 is 18.3 Å². The van der Waals surface area contributed by atoms with Gasteiger partial charge in [-0.05, 0) is 30.5 Å². The van der Waals surface area contributed by atoms with Gasteiger partial charge in [0.1, 0.15) is 0 Å². The van der Waals surface area contributed by atoms with Crippen molar-refractivity contribution in [3.05, 3.63) is 40.9 Å². The van der Waals surface area contributed by atoms with Crippen molar-refractivity contribution >= 4 is 31.9 Å². The lowest BCUT2D eigenvalue weighted by Gasteiger charge is -2.11. The molecule has 1 aliphatic rings. The van der Waals surface area contributed by atoms with E-state index in [4.69, 9.17) is 0 Å². The molecule has 0 unspecified atom stereocenters. The summed E-state index contributed by atoms with van der Waals surface area (Å²) in [5.74, 6) is -0.859. The van der Waals surface area contributed by atoms with E-state index in [9.17, 15) is 18.3 Å². The summed E-state index contributed by atoms with van der Waals surface area (Å²) in [6.45, 7) is 3.65. The number of halogens is 1. The van der Waals surface area contributed by atoms with E-state index in [0.717, 1.165) is 0 Å². The molecule has 0 saturated heterocycles. The number of rotatable bonds is 6. The van der Waals surface area contributed by atoms with E-state index in [1.54, 1.807) is 12.1 Å². The number of nitrogens with one attached hydrogen (secondary N) is 1. The van der Waals surface area contributed by atoms with E-state index in [-0.39, 0.29) is 11.4 Å². The number of hydrogen-bond acceptors (Lipinski definition) is 3. The van der Waals surface area contributed by atoms with Crippen molar-refractivity contribution in [1.82, 2.24) is 4.72 Å². The summed E-state index contributed by atoms with van der Waals surface area (Å²) in [5, 5.41) is 9.19. The van der Waals surface area contributed by atoms with Crippen LogP contribution in [0.2, 0.25) is 0 Å². The van der Waals surface area contributed by atoms with E-state index in [2.05, 4.69) is 27.2 Å². The van der Waals surface area contributed by atoms with E-state index in [0.29, 0.717) is 22.9 Å². The number of carboxylic acid groups (broad SMARTS) is 1. The summed E-state index contributed by atoms with van der Waals surface area (Å²) >= 11 is 3.07. The Morgan fingerprint density at radius 3 is 2.30 bits per heavy atom. The third-order valence-electron chi connectivity index (χ3n) is 3.33. The van der Waals surface area contributed by atoms with Gasteiger partial charge in [-0.25, -0.2) is 13.1 Å². The number of hydrogen-bond donors (Lipinski definition) is 2. The molecule has 1 fully saturated rings. The van der Waals surface area contributed by atoms with Crippen LogP contribution in [0, 0.1) is 0 Å². The Morgan fingerprint density at radius 1 is 1.35 bits per heavy atom. The maximum Gasteiger partial charge on any atom is 0.314 e. The highest BCUT2D eigenvalue weighted by Gasteiger charge is 2.51. The van der Waals surface area contributed by atoms with Gasteiger partial charge in [0.25, 0.3) is 0 Å². The maximum atomic E-state index is 12.0. The molecule has 108 valence electrons. The first-order valence-electron chi connectivity index (χ1n) is 5.95. The number of benzene rings is 1. The van der Waals surface area contributed by atoms with Gasteiger partial charge >= 0.3 is 5.97 Å². The third-order valence-corrected chi connectivity index (χ3v) is 5.03. The Bertz CT molecular complexity index is 647.